The predicted molar refractivity (Wildman–Crippen MR) is 59.9 cm³/mol. The van der Waals surface area contributed by atoms with Gasteiger partial charge in [0.05, 0.1) is 6.54 Å². The predicted octanol–water partition coefficient (Wildman–Crippen LogP) is 0.607. The van der Waals surface area contributed by atoms with Gasteiger partial charge in [-0.15, -0.1) is 24.7 Å². The minimum atomic E-state index is -0.502. The molecule has 0 aliphatic carbocycles. The van der Waals surface area contributed by atoms with E-state index in [9.17, 15) is 9.90 Å². The average Bonchev–Trinajstić information content (AvgIpc) is 2.23. The smallest absolute Gasteiger partial charge is 0.170 e. The van der Waals surface area contributed by atoms with E-state index in [1.54, 1.807) is 12.2 Å². The maximum atomic E-state index is 11.1. The van der Waals surface area contributed by atoms with E-state index in [0.717, 1.165) is 6.42 Å². The molecule has 3 nitrogen and oxygen atoms in total. The second-order valence-electron chi connectivity index (χ2n) is 3.90. The standard InChI is InChI=1S/C12H19NO2/c1-4-12(2,3)7-5-6-10(9-14)11(15)8-13/h4,6H,1-2,5,7-9,13H2,3H3/q-2/b10-6+. The van der Waals surface area contributed by atoms with Crippen molar-refractivity contribution in [2.75, 3.05) is 13.2 Å². The molecule has 3 heteroatoms. The van der Waals surface area contributed by atoms with Crippen LogP contribution in [0.3, 0.4) is 0 Å². The molecule has 0 rings (SSSR count). The SMILES string of the molecule is C=CC([CH2-])(C)CC/C=C(\C[O-])C(=O)CN. The van der Waals surface area contributed by atoms with Gasteiger partial charge in [0, 0.05) is 0 Å². The fourth-order valence-electron chi connectivity index (χ4n) is 1.06. The highest BCUT2D eigenvalue weighted by Gasteiger charge is 2.05. The van der Waals surface area contributed by atoms with Crippen LogP contribution in [0.5, 0.6) is 0 Å². The minimum absolute atomic E-state index is 0.100. The Morgan fingerprint density at radius 3 is 2.67 bits per heavy atom. The van der Waals surface area contributed by atoms with Crippen molar-refractivity contribution in [3.8, 4) is 0 Å². The Morgan fingerprint density at radius 1 is 1.67 bits per heavy atom. The Balaban J connectivity index is 4.25. The van der Waals surface area contributed by atoms with E-state index in [1.807, 2.05) is 6.92 Å². The van der Waals surface area contributed by atoms with Gasteiger partial charge in [0.25, 0.3) is 0 Å². The Kier molecular flexibility index (Phi) is 6.13. The fourth-order valence-corrected chi connectivity index (χ4v) is 1.06. The summed E-state index contributed by atoms with van der Waals surface area (Å²) in [5, 5.41) is 10.7. The summed E-state index contributed by atoms with van der Waals surface area (Å²) in [6.45, 7) is 8.96. The van der Waals surface area contributed by atoms with Crippen LogP contribution in [0.15, 0.2) is 24.3 Å². The van der Waals surface area contributed by atoms with Gasteiger partial charge in [0.1, 0.15) is 0 Å². The lowest BCUT2D eigenvalue weighted by Gasteiger charge is -2.27. The van der Waals surface area contributed by atoms with E-state index in [4.69, 9.17) is 5.73 Å². The second kappa shape index (κ2) is 6.53. The minimum Gasteiger partial charge on any atom is -0.851 e. The molecule has 1 unspecified atom stereocenters. The summed E-state index contributed by atoms with van der Waals surface area (Å²) in [5.74, 6) is -0.269. The molecule has 0 radical (unpaired) electrons. The van der Waals surface area contributed by atoms with Crippen LogP contribution in [-0.2, 0) is 4.79 Å². The highest BCUT2D eigenvalue weighted by atomic mass is 16.3. The van der Waals surface area contributed by atoms with Crippen LogP contribution < -0.4 is 10.8 Å². The van der Waals surface area contributed by atoms with Gasteiger partial charge in [0.15, 0.2) is 5.78 Å². The van der Waals surface area contributed by atoms with E-state index >= 15 is 0 Å². The number of ketones is 1. The second-order valence-corrected chi connectivity index (χ2v) is 3.90. The van der Waals surface area contributed by atoms with Crippen molar-refractivity contribution in [3.05, 3.63) is 31.2 Å². The van der Waals surface area contributed by atoms with Crippen LogP contribution >= 0.6 is 0 Å². The number of Topliss-reactive ketones (excluding diaryl/α,β-unsaturated/α-hetero) is 1. The third kappa shape index (κ3) is 5.50. The van der Waals surface area contributed by atoms with Gasteiger partial charge in [0.2, 0.25) is 0 Å². The van der Waals surface area contributed by atoms with Crippen LogP contribution in [0.1, 0.15) is 19.8 Å². The molecule has 86 valence electrons. The average molecular weight is 209 g/mol. The van der Waals surface area contributed by atoms with Gasteiger partial charge in [-0.1, -0.05) is 19.4 Å². The molecule has 0 aromatic carbocycles. The first kappa shape index (κ1) is 14.1. The topological polar surface area (TPSA) is 66.1 Å². The maximum absolute atomic E-state index is 11.1. The number of nitrogens with two attached hydrogens (primary N) is 1. The summed E-state index contributed by atoms with van der Waals surface area (Å²) in [6.07, 6.45) is 4.84. The molecule has 2 N–H and O–H groups in total. The van der Waals surface area contributed by atoms with E-state index in [-0.39, 0.29) is 23.3 Å². The molecule has 15 heavy (non-hydrogen) atoms. The number of rotatable bonds is 7. The highest BCUT2D eigenvalue weighted by molar-refractivity contribution is 5.96. The molecule has 0 spiro atoms. The normalized spacial score (nSPS) is 15.9. The molecule has 0 saturated carbocycles. The van der Waals surface area contributed by atoms with Crippen LogP contribution in [0.25, 0.3) is 0 Å². The van der Waals surface area contributed by atoms with Gasteiger partial charge in [-0.25, -0.2) is 0 Å². The molecule has 0 aromatic heterocycles. The summed E-state index contributed by atoms with van der Waals surface area (Å²) in [5.41, 5.74) is 5.24. The zero-order chi connectivity index (χ0) is 11.9. The molecule has 0 heterocycles. The summed E-state index contributed by atoms with van der Waals surface area (Å²) in [4.78, 5) is 11.1. The number of allylic oxidation sites excluding steroid dienone is 2. The fraction of sp³-hybridized carbons (Fsp3) is 0.500. The van der Waals surface area contributed by atoms with Crippen molar-refractivity contribution in [3.63, 3.8) is 0 Å². The molecule has 0 aliphatic rings. The number of carbonyl (C=O) groups is 1. The lowest BCUT2D eigenvalue weighted by Crippen LogP contribution is -2.23. The van der Waals surface area contributed by atoms with Gasteiger partial charge < -0.3 is 17.8 Å². The molecule has 0 aliphatic heterocycles. The summed E-state index contributed by atoms with van der Waals surface area (Å²) in [6, 6.07) is 0. The number of carbonyl (C=O) groups excluding carboxylic acids is 1. The third-order valence-electron chi connectivity index (χ3n) is 2.30. The Bertz CT molecular complexity index is 254. The van der Waals surface area contributed by atoms with Crippen molar-refractivity contribution in [2.24, 2.45) is 11.1 Å². The summed E-state index contributed by atoms with van der Waals surface area (Å²) < 4.78 is 0. The number of hydrogen-bond donors (Lipinski definition) is 1. The van der Waals surface area contributed by atoms with Gasteiger partial charge in [-0.05, 0) is 12.0 Å². The Labute approximate surface area is 91.7 Å². The molecule has 0 bridgehead atoms. The third-order valence-corrected chi connectivity index (χ3v) is 2.30. The molecule has 0 aromatic rings. The molecule has 0 saturated heterocycles. The van der Waals surface area contributed by atoms with Gasteiger partial charge >= 0.3 is 0 Å². The Hall–Kier alpha value is -0.930. The van der Waals surface area contributed by atoms with Crippen molar-refractivity contribution in [1.29, 1.82) is 0 Å². The van der Waals surface area contributed by atoms with E-state index in [0.29, 0.717) is 6.42 Å². The largest absolute Gasteiger partial charge is 0.851 e. The first-order valence-electron chi connectivity index (χ1n) is 4.96. The van der Waals surface area contributed by atoms with Gasteiger partial charge in [-0.3, -0.25) is 4.79 Å². The first-order chi connectivity index (χ1) is 6.96. The highest BCUT2D eigenvalue weighted by Crippen LogP contribution is 2.23. The van der Waals surface area contributed by atoms with Crippen LogP contribution in [0.2, 0.25) is 0 Å². The lowest BCUT2D eigenvalue weighted by atomic mass is 9.88. The van der Waals surface area contributed by atoms with E-state index in [1.165, 1.54) is 0 Å². The molecule has 0 amide bonds. The van der Waals surface area contributed by atoms with Crippen molar-refractivity contribution in [1.82, 2.24) is 0 Å². The molecular weight excluding hydrogens is 190 g/mol. The van der Waals surface area contributed by atoms with Gasteiger partial charge in [-0.2, -0.15) is 0 Å². The van der Waals surface area contributed by atoms with Crippen LogP contribution in [-0.4, -0.2) is 18.9 Å². The lowest BCUT2D eigenvalue weighted by molar-refractivity contribution is -0.355. The zero-order valence-electron chi connectivity index (χ0n) is 9.29. The number of hydrogen-bond acceptors (Lipinski definition) is 3. The first-order valence-corrected chi connectivity index (χ1v) is 4.96. The van der Waals surface area contributed by atoms with E-state index in [2.05, 4.69) is 13.5 Å². The van der Waals surface area contributed by atoms with Crippen LogP contribution in [0.4, 0.5) is 0 Å². The van der Waals surface area contributed by atoms with Crippen LogP contribution in [0, 0.1) is 12.3 Å². The quantitative estimate of drug-likeness (QED) is 0.379. The van der Waals surface area contributed by atoms with E-state index < -0.39 is 6.61 Å². The van der Waals surface area contributed by atoms with Crippen molar-refractivity contribution in [2.45, 2.75) is 19.8 Å². The molecule has 1 atom stereocenters. The zero-order valence-corrected chi connectivity index (χ0v) is 9.29. The van der Waals surface area contributed by atoms with Crippen molar-refractivity contribution >= 4 is 5.78 Å². The summed E-state index contributed by atoms with van der Waals surface area (Å²) >= 11 is 0. The summed E-state index contributed by atoms with van der Waals surface area (Å²) in [7, 11) is 0. The Morgan fingerprint density at radius 2 is 2.27 bits per heavy atom. The monoisotopic (exact) mass is 209 g/mol. The maximum Gasteiger partial charge on any atom is 0.170 e. The van der Waals surface area contributed by atoms with Crippen molar-refractivity contribution < 1.29 is 9.90 Å². The molecular formula is C12H19NO2-2. The molecule has 0 fully saturated rings.